The lowest BCUT2D eigenvalue weighted by atomic mass is 9.91. The van der Waals surface area contributed by atoms with E-state index in [0.717, 1.165) is 12.0 Å². The van der Waals surface area contributed by atoms with Crippen molar-refractivity contribution in [2.75, 3.05) is 13.7 Å². The van der Waals surface area contributed by atoms with Crippen molar-refractivity contribution in [3.05, 3.63) is 35.4 Å². The minimum atomic E-state index is -0.367. The van der Waals surface area contributed by atoms with Gasteiger partial charge >= 0.3 is 0 Å². The van der Waals surface area contributed by atoms with Crippen LogP contribution in [-0.4, -0.2) is 13.7 Å². The molecule has 2 N–H and O–H groups in total. The zero-order chi connectivity index (χ0) is 12.2. The van der Waals surface area contributed by atoms with Gasteiger partial charge in [0, 0.05) is 13.7 Å². The van der Waals surface area contributed by atoms with E-state index in [-0.39, 0.29) is 5.60 Å². The summed E-state index contributed by atoms with van der Waals surface area (Å²) in [6, 6.07) is 8.60. The first-order valence-electron chi connectivity index (χ1n) is 5.93. The molecule has 0 bridgehead atoms. The molecule has 2 unspecified atom stereocenters. The highest BCUT2D eigenvalue weighted by atomic mass is 16.5. The summed E-state index contributed by atoms with van der Waals surface area (Å²) in [5.74, 6) is 0.612. The van der Waals surface area contributed by atoms with E-state index >= 15 is 0 Å². The van der Waals surface area contributed by atoms with Crippen LogP contribution in [0, 0.1) is 0 Å². The third kappa shape index (κ3) is 2.63. The van der Waals surface area contributed by atoms with Crippen LogP contribution in [0.4, 0.5) is 0 Å². The Bertz CT molecular complexity index is 314. The van der Waals surface area contributed by atoms with Gasteiger partial charge in [0.25, 0.3) is 0 Å². The number of methoxy groups -OCH3 is 1. The van der Waals surface area contributed by atoms with Gasteiger partial charge in [0.05, 0.1) is 0 Å². The van der Waals surface area contributed by atoms with Crippen LogP contribution in [0.3, 0.4) is 0 Å². The van der Waals surface area contributed by atoms with Crippen molar-refractivity contribution < 1.29 is 4.74 Å². The average Bonchev–Trinajstić information content (AvgIpc) is 2.37. The summed E-state index contributed by atoms with van der Waals surface area (Å²) in [4.78, 5) is 0. The van der Waals surface area contributed by atoms with Crippen molar-refractivity contribution in [3.63, 3.8) is 0 Å². The SMILES string of the molecule is CCC(C)c1ccc(C(C)(CN)OC)cc1. The molecule has 0 saturated carbocycles. The second-order valence-electron chi connectivity index (χ2n) is 4.57. The van der Waals surface area contributed by atoms with Crippen molar-refractivity contribution in [1.82, 2.24) is 0 Å². The first kappa shape index (κ1) is 13.2. The molecule has 0 radical (unpaired) electrons. The molecule has 1 rings (SSSR count). The van der Waals surface area contributed by atoms with Gasteiger partial charge in [0.1, 0.15) is 5.60 Å². The number of hydrogen-bond donors (Lipinski definition) is 1. The molecule has 0 aliphatic rings. The van der Waals surface area contributed by atoms with Gasteiger partial charge < -0.3 is 10.5 Å². The Kier molecular flexibility index (Phi) is 4.51. The van der Waals surface area contributed by atoms with E-state index in [4.69, 9.17) is 10.5 Å². The molecule has 2 heteroatoms. The third-order valence-electron chi connectivity index (χ3n) is 3.54. The fraction of sp³-hybridized carbons (Fsp3) is 0.571. The van der Waals surface area contributed by atoms with E-state index in [2.05, 4.69) is 38.1 Å². The summed E-state index contributed by atoms with van der Waals surface area (Å²) in [6.45, 7) is 6.96. The second kappa shape index (κ2) is 5.46. The van der Waals surface area contributed by atoms with Gasteiger partial charge in [-0.05, 0) is 30.4 Å². The Hall–Kier alpha value is -0.860. The number of hydrogen-bond acceptors (Lipinski definition) is 2. The Morgan fingerprint density at radius 1 is 1.31 bits per heavy atom. The van der Waals surface area contributed by atoms with Gasteiger partial charge in [-0.1, -0.05) is 38.1 Å². The van der Waals surface area contributed by atoms with Crippen molar-refractivity contribution in [2.24, 2.45) is 5.73 Å². The third-order valence-corrected chi connectivity index (χ3v) is 3.54. The molecule has 0 spiro atoms. The molecule has 16 heavy (non-hydrogen) atoms. The fourth-order valence-electron chi connectivity index (χ4n) is 1.72. The van der Waals surface area contributed by atoms with Crippen LogP contribution in [0.25, 0.3) is 0 Å². The summed E-state index contributed by atoms with van der Waals surface area (Å²) in [6.07, 6.45) is 1.16. The van der Waals surface area contributed by atoms with Crippen molar-refractivity contribution in [1.29, 1.82) is 0 Å². The molecule has 0 fully saturated rings. The van der Waals surface area contributed by atoms with Gasteiger partial charge in [-0.2, -0.15) is 0 Å². The summed E-state index contributed by atoms with van der Waals surface area (Å²) in [5, 5.41) is 0. The topological polar surface area (TPSA) is 35.2 Å². The Morgan fingerprint density at radius 2 is 1.88 bits per heavy atom. The van der Waals surface area contributed by atoms with Crippen LogP contribution in [0.15, 0.2) is 24.3 Å². The summed E-state index contributed by atoms with van der Waals surface area (Å²) < 4.78 is 5.47. The predicted octanol–water partition coefficient (Wildman–Crippen LogP) is 3.02. The molecular formula is C14H23NO. The Labute approximate surface area is 98.8 Å². The first-order chi connectivity index (χ1) is 7.57. The highest BCUT2D eigenvalue weighted by Crippen LogP contribution is 2.26. The van der Waals surface area contributed by atoms with Crippen LogP contribution < -0.4 is 5.73 Å². The van der Waals surface area contributed by atoms with Crippen molar-refractivity contribution in [3.8, 4) is 0 Å². The molecule has 0 heterocycles. The van der Waals surface area contributed by atoms with Gasteiger partial charge in [-0.3, -0.25) is 0 Å². The van der Waals surface area contributed by atoms with Crippen molar-refractivity contribution in [2.45, 2.75) is 38.7 Å². The predicted molar refractivity (Wildman–Crippen MR) is 68.6 cm³/mol. The molecule has 90 valence electrons. The molecule has 0 saturated heterocycles. The maximum atomic E-state index is 5.75. The van der Waals surface area contributed by atoms with Crippen LogP contribution in [-0.2, 0) is 10.3 Å². The minimum Gasteiger partial charge on any atom is -0.372 e. The standard InChI is InChI=1S/C14H23NO/c1-5-11(2)12-6-8-13(9-7-12)14(3,10-15)16-4/h6-9,11H,5,10,15H2,1-4H3. The first-order valence-corrected chi connectivity index (χ1v) is 5.93. The van der Waals surface area contributed by atoms with Gasteiger partial charge in [0.15, 0.2) is 0 Å². The normalized spacial score (nSPS) is 16.8. The van der Waals surface area contributed by atoms with Gasteiger partial charge in [-0.25, -0.2) is 0 Å². The quantitative estimate of drug-likeness (QED) is 0.829. The molecule has 0 aliphatic heterocycles. The lowest BCUT2D eigenvalue weighted by Crippen LogP contribution is -2.33. The second-order valence-corrected chi connectivity index (χ2v) is 4.57. The van der Waals surface area contributed by atoms with Crippen LogP contribution in [0.2, 0.25) is 0 Å². The Morgan fingerprint density at radius 3 is 2.25 bits per heavy atom. The summed E-state index contributed by atoms with van der Waals surface area (Å²) in [5.41, 5.74) is 7.90. The maximum Gasteiger partial charge on any atom is 0.102 e. The molecule has 1 aromatic carbocycles. The van der Waals surface area contributed by atoms with E-state index in [9.17, 15) is 0 Å². The molecule has 1 aromatic rings. The Balaban J connectivity index is 2.94. The van der Waals surface area contributed by atoms with E-state index in [1.807, 2.05) is 6.92 Å². The monoisotopic (exact) mass is 221 g/mol. The van der Waals surface area contributed by atoms with Gasteiger partial charge in [-0.15, -0.1) is 0 Å². The van der Waals surface area contributed by atoms with E-state index in [0.29, 0.717) is 12.5 Å². The van der Waals surface area contributed by atoms with E-state index in [1.165, 1.54) is 5.56 Å². The summed E-state index contributed by atoms with van der Waals surface area (Å²) in [7, 11) is 1.70. The van der Waals surface area contributed by atoms with E-state index in [1.54, 1.807) is 7.11 Å². The molecular weight excluding hydrogens is 198 g/mol. The lowest BCUT2D eigenvalue weighted by molar-refractivity contribution is 0.0101. The maximum absolute atomic E-state index is 5.75. The smallest absolute Gasteiger partial charge is 0.102 e. The van der Waals surface area contributed by atoms with Gasteiger partial charge in [0.2, 0.25) is 0 Å². The van der Waals surface area contributed by atoms with Crippen LogP contribution in [0.1, 0.15) is 44.2 Å². The van der Waals surface area contributed by atoms with E-state index < -0.39 is 0 Å². The molecule has 0 aromatic heterocycles. The highest BCUT2D eigenvalue weighted by Gasteiger charge is 2.23. The largest absolute Gasteiger partial charge is 0.372 e. The zero-order valence-electron chi connectivity index (χ0n) is 10.8. The molecule has 2 nitrogen and oxygen atoms in total. The average molecular weight is 221 g/mol. The van der Waals surface area contributed by atoms with Crippen molar-refractivity contribution >= 4 is 0 Å². The number of nitrogens with two attached hydrogens (primary N) is 1. The lowest BCUT2D eigenvalue weighted by Gasteiger charge is -2.27. The number of ether oxygens (including phenoxy) is 1. The zero-order valence-corrected chi connectivity index (χ0v) is 10.8. The molecule has 2 atom stereocenters. The summed E-state index contributed by atoms with van der Waals surface area (Å²) >= 11 is 0. The molecule has 0 aliphatic carbocycles. The molecule has 0 amide bonds. The fourth-order valence-corrected chi connectivity index (χ4v) is 1.72. The minimum absolute atomic E-state index is 0.367. The van der Waals surface area contributed by atoms with Crippen LogP contribution in [0.5, 0.6) is 0 Å². The highest BCUT2D eigenvalue weighted by molar-refractivity contribution is 5.29. The number of rotatable bonds is 5. The number of benzene rings is 1. The van der Waals surface area contributed by atoms with Crippen LogP contribution >= 0.6 is 0 Å².